The van der Waals surface area contributed by atoms with Crippen molar-refractivity contribution in [2.24, 2.45) is 0 Å². The number of hydrogen-bond acceptors (Lipinski definition) is 6. The monoisotopic (exact) mass is 305 g/mol. The SMILES string of the molecule is COc1csc(C(=O)Nc2nc3ccc(N)cc3s2)c1. The number of ether oxygens (including phenoxy) is 1. The summed E-state index contributed by atoms with van der Waals surface area (Å²) in [6.07, 6.45) is 0. The zero-order valence-corrected chi connectivity index (χ0v) is 12.2. The highest BCUT2D eigenvalue weighted by atomic mass is 32.1. The third kappa shape index (κ3) is 2.45. The maximum absolute atomic E-state index is 12.1. The molecule has 0 spiro atoms. The standard InChI is InChI=1S/C13H11N3O2S2/c1-18-8-5-11(19-6-8)12(17)16-13-15-9-3-2-7(14)4-10(9)20-13/h2-6H,14H2,1H3,(H,15,16,17). The molecular formula is C13H11N3O2S2. The topological polar surface area (TPSA) is 77.2 Å². The van der Waals surface area contributed by atoms with Gasteiger partial charge in [-0.1, -0.05) is 11.3 Å². The van der Waals surface area contributed by atoms with Gasteiger partial charge >= 0.3 is 0 Å². The van der Waals surface area contributed by atoms with Gasteiger partial charge in [0, 0.05) is 17.1 Å². The van der Waals surface area contributed by atoms with E-state index in [1.54, 1.807) is 24.6 Å². The smallest absolute Gasteiger partial charge is 0.267 e. The van der Waals surface area contributed by atoms with Crippen molar-refractivity contribution in [3.8, 4) is 5.75 Å². The second-order valence-corrected chi connectivity index (χ2v) is 5.99. The van der Waals surface area contributed by atoms with Crippen molar-refractivity contribution in [1.29, 1.82) is 0 Å². The Hall–Kier alpha value is -2.12. The van der Waals surface area contributed by atoms with Gasteiger partial charge in [-0.05, 0) is 18.2 Å². The van der Waals surface area contributed by atoms with E-state index in [1.165, 1.54) is 22.7 Å². The van der Waals surface area contributed by atoms with Crippen LogP contribution in [-0.4, -0.2) is 18.0 Å². The molecule has 7 heteroatoms. The fourth-order valence-electron chi connectivity index (χ4n) is 1.70. The van der Waals surface area contributed by atoms with Gasteiger partial charge in [-0.25, -0.2) is 4.98 Å². The second kappa shape index (κ2) is 5.10. The summed E-state index contributed by atoms with van der Waals surface area (Å²) in [6, 6.07) is 7.17. The molecule has 0 bridgehead atoms. The summed E-state index contributed by atoms with van der Waals surface area (Å²) >= 11 is 2.73. The van der Waals surface area contributed by atoms with Gasteiger partial charge in [0.15, 0.2) is 5.13 Å². The molecule has 0 atom stereocenters. The number of benzene rings is 1. The van der Waals surface area contributed by atoms with E-state index in [4.69, 9.17) is 10.5 Å². The minimum Gasteiger partial charge on any atom is -0.496 e. The number of nitrogens with two attached hydrogens (primary N) is 1. The van der Waals surface area contributed by atoms with Crippen LogP contribution in [0.5, 0.6) is 5.75 Å². The van der Waals surface area contributed by atoms with Crippen molar-refractivity contribution in [3.63, 3.8) is 0 Å². The van der Waals surface area contributed by atoms with Gasteiger partial charge in [-0.3, -0.25) is 10.1 Å². The predicted octanol–water partition coefficient (Wildman–Crippen LogP) is 3.20. The molecule has 0 aliphatic carbocycles. The van der Waals surface area contributed by atoms with Crippen LogP contribution in [0, 0.1) is 0 Å². The Morgan fingerprint density at radius 1 is 1.40 bits per heavy atom. The summed E-state index contributed by atoms with van der Waals surface area (Å²) in [6.45, 7) is 0. The van der Waals surface area contributed by atoms with Gasteiger partial charge in [0.2, 0.25) is 0 Å². The van der Waals surface area contributed by atoms with Crippen LogP contribution in [0.25, 0.3) is 10.2 Å². The number of thiophene rings is 1. The quantitative estimate of drug-likeness (QED) is 0.728. The summed E-state index contributed by atoms with van der Waals surface area (Å²) in [7, 11) is 1.57. The average molecular weight is 305 g/mol. The third-order valence-electron chi connectivity index (χ3n) is 2.67. The zero-order valence-electron chi connectivity index (χ0n) is 10.5. The Labute approximate surface area is 123 Å². The predicted molar refractivity (Wildman–Crippen MR) is 82.9 cm³/mol. The fraction of sp³-hybridized carbons (Fsp3) is 0.0769. The van der Waals surface area contributed by atoms with Gasteiger partial charge in [-0.2, -0.15) is 0 Å². The van der Waals surface area contributed by atoms with Crippen LogP contribution in [0.3, 0.4) is 0 Å². The molecule has 3 aromatic rings. The lowest BCUT2D eigenvalue weighted by Gasteiger charge is -1.97. The maximum atomic E-state index is 12.1. The van der Waals surface area contributed by atoms with Crippen molar-refractivity contribution in [2.45, 2.75) is 0 Å². The Balaban J connectivity index is 1.83. The zero-order chi connectivity index (χ0) is 14.1. The van der Waals surface area contributed by atoms with Gasteiger partial charge in [0.05, 0.1) is 22.2 Å². The van der Waals surface area contributed by atoms with Crippen LogP contribution < -0.4 is 15.8 Å². The first-order chi connectivity index (χ1) is 9.65. The number of thiazole rings is 1. The average Bonchev–Trinajstić information content (AvgIpc) is 3.03. The molecule has 0 radical (unpaired) electrons. The van der Waals surface area contributed by atoms with Gasteiger partial charge in [-0.15, -0.1) is 11.3 Å². The van der Waals surface area contributed by atoms with Gasteiger partial charge in [0.25, 0.3) is 5.91 Å². The van der Waals surface area contributed by atoms with Crippen LogP contribution in [-0.2, 0) is 0 Å². The Morgan fingerprint density at radius 2 is 2.25 bits per heavy atom. The summed E-state index contributed by atoms with van der Waals surface area (Å²) in [5.41, 5.74) is 7.23. The molecule has 3 rings (SSSR count). The van der Waals surface area contributed by atoms with Crippen molar-refractivity contribution in [2.75, 3.05) is 18.2 Å². The molecule has 5 nitrogen and oxygen atoms in total. The first-order valence-electron chi connectivity index (χ1n) is 5.75. The van der Waals surface area contributed by atoms with Crippen molar-refractivity contribution in [1.82, 2.24) is 4.98 Å². The number of carbonyl (C=O) groups excluding carboxylic acids is 1. The summed E-state index contributed by atoms with van der Waals surface area (Å²) in [4.78, 5) is 17.0. The van der Waals surface area contributed by atoms with Crippen molar-refractivity contribution in [3.05, 3.63) is 34.5 Å². The fourth-order valence-corrected chi connectivity index (χ4v) is 3.36. The van der Waals surface area contributed by atoms with Crippen LogP contribution >= 0.6 is 22.7 Å². The molecule has 0 saturated heterocycles. The number of aromatic nitrogens is 1. The summed E-state index contributed by atoms with van der Waals surface area (Å²) in [5, 5.41) is 5.13. The lowest BCUT2D eigenvalue weighted by Crippen LogP contribution is -2.09. The van der Waals surface area contributed by atoms with E-state index in [-0.39, 0.29) is 5.91 Å². The van der Waals surface area contributed by atoms with Crippen LogP contribution in [0.2, 0.25) is 0 Å². The number of fused-ring (bicyclic) bond motifs is 1. The molecule has 0 fully saturated rings. The Kier molecular flexibility index (Phi) is 3.29. The molecule has 20 heavy (non-hydrogen) atoms. The molecular weight excluding hydrogens is 294 g/mol. The largest absolute Gasteiger partial charge is 0.496 e. The van der Waals surface area contributed by atoms with Gasteiger partial charge < -0.3 is 10.5 Å². The second-order valence-electron chi connectivity index (χ2n) is 4.05. The summed E-state index contributed by atoms with van der Waals surface area (Å²) < 4.78 is 6.01. The highest BCUT2D eigenvalue weighted by Gasteiger charge is 2.12. The normalized spacial score (nSPS) is 10.7. The summed E-state index contributed by atoms with van der Waals surface area (Å²) in [5.74, 6) is 0.488. The Morgan fingerprint density at radius 3 is 3.00 bits per heavy atom. The molecule has 0 aliphatic rings. The first kappa shape index (κ1) is 12.9. The van der Waals surface area contributed by atoms with E-state index in [1.807, 2.05) is 12.1 Å². The minimum absolute atomic E-state index is 0.190. The maximum Gasteiger partial charge on any atom is 0.267 e. The molecule has 3 N–H and O–H groups in total. The number of nitrogen functional groups attached to an aromatic ring is 1. The first-order valence-corrected chi connectivity index (χ1v) is 7.45. The van der Waals surface area contributed by atoms with E-state index in [0.29, 0.717) is 21.4 Å². The molecule has 1 amide bonds. The van der Waals surface area contributed by atoms with E-state index in [0.717, 1.165) is 10.2 Å². The molecule has 0 aliphatic heterocycles. The molecule has 2 heterocycles. The highest BCUT2D eigenvalue weighted by Crippen LogP contribution is 2.28. The molecule has 0 saturated carbocycles. The van der Waals surface area contributed by atoms with Crippen molar-refractivity contribution < 1.29 is 9.53 Å². The lowest BCUT2D eigenvalue weighted by atomic mass is 10.3. The molecule has 102 valence electrons. The number of carbonyl (C=O) groups is 1. The van der Waals surface area contributed by atoms with E-state index < -0.39 is 0 Å². The number of methoxy groups -OCH3 is 1. The lowest BCUT2D eigenvalue weighted by molar-refractivity contribution is 0.103. The highest BCUT2D eigenvalue weighted by molar-refractivity contribution is 7.22. The number of amides is 1. The number of nitrogens with one attached hydrogen (secondary N) is 1. The van der Waals surface area contributed by atoms with Gasteiger partial charge in [0.1, 0.15) is 5.75 Å². The van der Waals surface area contributed by atoms with Crippen molar-refractivity contribution >= 4 is 49.6 Å². The van der Waals surface area contributed by atoms with Crippen LogP contribution in [0.15, 0.2) is 29.6 Å². The minimum atomic E-state index is -0.190. The van der Waals surface area contributed by atoms with E-state index >= 15 is 0 Å². The van der Waals surface area contributed by atoms with Crippen LogP contribution in [0.1, 0.15) is 9.67 Å². The molecule has 1 aromatic carbocycles. The molecule has 0 unspecified atom stereocenters. The number of rotatable bonds is 3. The number of hydrogen-bond donors (Lipinski definition) is 2. The van der Waals surface area contributed by atoms with E-state index in [2.05, 4.69) is 10.3 Å². The number of nitrogens with zero attached hydrogens (tertiary/aromatic N) is 1. The van der Waals surface area contributed by atoms with Crippen LogP contribution in [0.4, 0.5) is 10.8 Å². The Bertz CT molecular complexity index is 779. The number of anilines is 2. The third-order valence-corrected chi connectivity index (χ3v) is 4.51. The van der Waals surface area contributed by atoms with E-state index in [9.17, 15) is 4.79 Å². The molecule has 2 aromatic heterocycles.